The van der Waals surface area contributed by atoms with Crippen LogP contribution in [-0.4, -0.2) is 31.7 Å². The number of esters is 1. The number of para-hydroxylation sites is 2. The summed E-state index contributed by atoms with van der Waals surface area (Å²) in [5, 5.41) is 2.80. The van der Waals surface area contributed by atoms with Gasteiger partial charge in [-0.3, -0.25) is 4.79 Å². The maximum atomic E-state index is 12.0. The average Bonchev–Trinajstić information content (AvgIpc) is 2.67. The number of amides is 1. The lowest BCUT2D eigenvalue weighted by molar-refractivity contribution is -0.116. The quantitative estimate of drug-likeness (QED) is 0.504. The van der Waals surface area contributed by atoms with Crippen LogP contribution < -0.4 is 14.8 Å². The zero-order chi connectivity index (χ0) is 19.5. The van der Waals surface area contributed by atoms with E-state index in [-0.39, 0.29) is 11.9 Å². The number of carbonyl (C=O) groups is 2. The van der Waals surface area contributed by atoms with Crippen molar-refractivity contribution in [3.05, 3.63) is 54.1 Å². The molecule has 0 fully saturated rings. The van der Waals surface area contributed by atoms with E-state index in [4.69, 9.17) is 14.2 Å². The molecule has 0 bridgehead atoms. The number of benzene rings is 2. The number of nitrogens with one attached hydrogen (secondary N) is 1. The zero-order valence-corrected chi connectivity index (χ0v) is 15.7. The fourth-order valence-electron chi connectivity index (χ4n) is 2.39. The number of rotatable bonds is 10. The highest BCUT2D eigenvalue weighted by molar-refractivity contribution is 5.93. The Bertz CT molecular complexity index is 742. The smallest absolute Gasteiger partial charge is 0.338 e. The molecule has 0 unspecified atom stereocenters. The van der Waals surface area contributed by atoms with Gasteiger partial charge in [-0.2, -0.15) is 0 Å². The monoisotopic (exact) mass is 371 g/mol. The minimum atomic E-state index is -0.375. The highest BCUT2D eigenvalue weighted by Gasteiger charge is 2.08. The molecule has 2 rings (SSSR count). The van der Waals surface area contributed by atoms with Crippen molar-refractivity contribution in [2.75, 3.05) is 25.1 Å². The van der Waals surface area contributed by atoms with E-state index < -0.39 is 0 Å². The second-order valence-corrected chi connectivity index (χ2v) is 5.68. The van der Waals surface area contributed by atoms with Gasteiger partial charge in [-0.05, 0) is 56.7 Å². The number of anilines is 1. The lowest BCUT2D eigenvalue weighted by atomic mass is 10.2. The van der Waals surface area contributed by atoms with E-state index in [0.717, 1.165) is 0 Å². The van der Waals surface area contributed by atoms with E-state index in [1.807, 2.05) is 31.2 Å². The van der Waals surface area contributed by atoms with E-state index in [0.29, 0.717) is 55.4 Å². The first-order chi connectivity index (χ1) is 13.1. The van der Waals surface area contributed by atoms with Gasteiger partial charge in [0.05, 0.1) is 25.4 Å². The Morgan fingerprint density at radius 3 is 2.19 bits per heavy atom. The summed E-state index contributed by atoms with van der Waals surface area (Å²) < 4.78 is 16.1. The maximum absolute atomic E-state index is 12.0. The summed E-state index contributed by atoms with van der Waals surface area (Å²) >= 11 is 0. The van der Waals surface area contributed by atoms with Crippen LogP contribution in [0.15, 0.2) is 48.5 Å². The lowest BCUT2D eigenvalue weighted by Crippen LogP contribution is -2.13. The van der Waals surface area contributed by atoms with Crippen LogP contribution in [0, 0.1) is 0 Å². The van der Waals surface area contributed by atoms with Gasteiger partial charge in [0.25, 0.3) is 0 Å². The molecule has 0 aliphatic carbocycles. The van der Waals surface area contributed by atoms with Crippen LogP contribution in [0.5, 0.6) is 11.5 Å². The molecular formula is C21H25NO5. The molecular weight excluding hydrogens is 346 g/mol. The van der Waals surface area contributed by atoms with Crippen molar-refractivity contribution in [3.63, 3.8) is 0 Å². The normalized spacial score (nSPS) is 10.1. The van der Waals surface area contributed by atoms with Crippen LogP contribution in [0.3, 0.4) is 0 Å². The third-order valence-electron chi connectivity index (χ3n) is 3.63. The summed E-state index contributed by atoms with van der Waals surface area (Å²) in [4.78, 5) is 23.6. The van der Waals surface area contributed by atoms with Crippen LogP contribution in [0.25, 0.3) is 0 Å². The van der Waals surface area contributed by atoms with Gasteiger partial charge in [0.1, 0.15) is 0 Å². The maximum Gasteiger partial charge on any atom is 0.338 e. The molecule has 2 aromatic rings. The standard InChI is InChI=1S/C21H25NO5/c1-3-25-18-8-5-6-9-19(18)27-15-7-10-20(23)22-17-13-11-16(12-14-17)21(24)26-4-2/h5-6,8-9,11-14H,3-4,7,10,15H2,1-2H3,(H,22,23). The van der Waals surface area contributed by atoms with Crippen molar-refractivity contribution in [3.8, 4) is 11.5 Å². The van der Waals surface area contributed by atoms with Crippen LogP contribution in [-0.2, 0) is 9.53 Å². The Morgan fingerprint density at radius 1 is 0.889 bits per heavy atom. The number of carbonyl (C=O) groups excluding carboxylic acids is 2. The van der Waals surface area contributed by atoms with E-state index in [9.17, 15) is 9.59 Å². The molecule has 2 aromatic carbocycles. The summed E-state index contributed by atoms with van der Waals surface area (Å²) in [5.41, 5.74) is 1.09. The predicted molar refractivity (Wildman–Crippen MR) is 103 cm³/mol. The third kappa shape index (κ3) is 6.66. The molecule has 27 heavy (non-hydrogen) atoms. The summed E-state index contributed by atoms with van der Waals surface area (Å²) in [6.07, 6.45) is 0.906. The number of hydrogen-bond acceptors (Lipinski definition) is 5. The van der Waals surface area contributed by atoms with E-state index in [1.54, 1.807) is 31.2 Å². The highest BCUT2D eigenvalue weighted by atomic mass is 16.5. The van der Waals surface area contributed by atoms with Gasteiger partial charge >= 0.3 is 5.97 Å². The summed E-state index contributed by atoms with van der Waals surface area (Å²) in [6, 6.07) is 14.1. The SMILES string of the molecule is CCOC(=O)c1ccc(NC(=O)CCCOc2ccccc2OCC)cc1. The van der Waals surface area contributed by atoms with Gasteiger partial charge in [0, 0.05) is 12.1 Å². The van der Waals surface area contributed by atoms with Crippen LogP contribution in [0.2, 0.25) is 0 Å². The fourth-order valence-corrected chi connectivity index (χ4v) is 2.39. The molecule has 0 spiro atoms. The molecule has 0 aliphatic rings. The molecule has 0 radical (unpaired) electrons. The van der Waals surface area contributed by atoms with Crippen molar-refractivity contribution >= 4 is 17.6 Å². The Hall–Kier alpha value is -3.02. The van der Waals surface area contributed by atoms with Gasteiger partial charge < -0.3 is 19.5 Å². The predicted octanol–water partition coefficient (Wildman–Crippen LogP) is 4.06. The van der Waals surface area contributed by atoms with Crippen molar-refractivity contribution in [1.82, 2.24) is 0 Å². The van der Waals surface area contributed by atoms with Crippen molar-refractivity contribution in [1.29, 1.82) is 0 Å². The summed E-state index contributed by atoms with van der Waals surface area (Å²) in [5.74, 6) is 0.890. The Morgan fingerprint density at radius 2 is 1.56 bits per heavy atom. The van der Waals surface area contributed by atoms with Crippen molar-refractivity contribution < 1.29 is 23.8 Å². The molecule has 1 amide bonds. The highest BCUT2D eigenvalue weighted by Crippen LogP contribution is 2.26. The van der Waals surface area contributed by atoms with E-state index in [1.165, 1.54) is 0 Å². The van der Waals surface area contributed by atoms with Gasteiger partial charge in [-0.25, -0.2) is 4.79 Å². The molecule has 6 nitrogen and oxygen atoms in total. The topological polar surface area (TPSA) is 73.9 Å². The molecule has 6 heteroatoms. The van der Waals surface area contributed by atoms with Crippen molar-refractivity contribution in [2.24, 2.45) is 0 Å². The van der Waals surface area contributed by atoms with Crippen LogP contribution >= 0.6 is 0 Å². The number of ether oxygens (including phenoxy) is 3. The Balaban J connectivity index is 1.74. The molecule has 0 heterocycles. The minimum absolute atomic E-state index is 0.111. The van der Waals surface area contributed by atoms with Crippen molar-refractivity contribution in [2.45, 2.75) is 26.7 Å². The van der Waals surface area contributed by atoms with Gasteiger partial charge in [0.15, 0.2) is 11.5 Å². The molecule has 0 saturated carbocycles. The first kappa shape index (κ1) is 20.3. The molecule has 0 saturated heterocycles. The second-order valence-electron chi connectivity index (χ2n) is 5.68. The summed E-state index contributed by atoms with van der Waals surface area (Å²) in [6.45, 7) is 4.98. The van der Waals surface area contributed by atoms with Gasteiger partial charge in [-0.1, -0.05) is 12.1 Å². The zero-order valence-electron chi connectivity index (χ0n) is 15.7. The summed E-state index contributed by atoms with van der Waals surface area (Å²) in [7, 11) is 0. The van der Waals surface area contributed by atoms with Gasteiger partial charge in [-0.15, -0.1) is 0 Å². The molecule has 1 N–H and O–H groups in total. The molecule has 144 valence electrons. The Kier molecular flexibility index (Phi) is 8.16. The molecule has 0 atom stereocenters. The first-order valence-corrected chi connectivity index (χ1v) is 9.05. The first-order valence-electron chi connectivity index (χ1n) is 9.05. The molecule has 0 aliphatic heterocycles. The van der Waals surface area contributed by atoms with Crippen LogP contribution in [0.4, 0.5) is 5.69 Å². The van der Waals surface area contributed by atoms with Crippen LogP contribution in [0.1, 0.15) is 37.0 Å². The lowest BCUT2D eigenvalue weighted by Gasteiger charge is -2.11. The Labute approximate surface area is 159 Å². The second kappa shape index (κ2) is 10.9. The van der Waals surface area contributed by atoms with Gasteiger partial charge in [0.2, 0.25) is 5.91 Å². The average molecular weight is 371 g/mol. The largest absolute Gasteiger partial charge is 0.490 e. The number of hydrogen-bond donors (Lipinski definition) is 1. The van der Waals surface area contributed by atoms with E-state index in [2.05, 4.69) is 5.32 Å². The molecule has 0 aromatic heterocycles. The third-order valence-corrected chi connectivity index (χ3v) is 3.63. The van der Waals surface area contributed by atoms with E-state index >= 15 is 0 Å². The fraction of sp³-hybridized carbons (Fsp3) is 0.333. The minimum Gasteiger partial charge on any atom is -0.490 e.